The first-order valence-corrected chi connectivity index (χ1v) is 10.8. The Kier molecular flexibility index (Phi) is 6.76. The van der Waals surface area contributed by atoms with E-state index in [9.17, 15) is 0 Å². The Bertz CT molecular complexity index is 620. The van der Waals surface area contributed by atoms with Gasteiger partial charge in [0.25, 0.3) is 8.32 Å². The lowest BCUT2D eigenvalue weighted by molar-refractivity contribution is 0.267. The Morgan fingerprint density at radius 3 is 1.84 bits per heavy atom. The van der Waals surface area contributed by atoms with Crippen LogP contribution in [0.2, 0.25) is 5.04 Å². The van der Waals surface area contributed by atoms with Crippen molar-refractivity contribution in [3.05, 3.63) is 72.8 Å². The smallest absolute Gasteiger partial charge is 0.261 e. The van der Waals surface area contributed by atoms with Crippen LogP contribution in [0.25, 0.3) is 0 Å². The van der Waals surface area contributed by atoms with Gasteiger partial charge in [0.1, 0.15) is 0 Å². The number of aliphatic hydroxyl groups excluding tert-OH is 1. The molecule has 134 valence electrons. The maximum absolute atomic E-state index is 9.01. The van der Waals surface area contributed by atoms with Gasteiger partial charge in [-0.25, -0.2) is 0 Å². The van der Waals surface area contributed by atoms with Crippen LogP contribution in [-0.2, 0) is 4.43 Å². The summed E-state index contributed by atoms with van der Waals surface area (Å²) in [5.41, 5.74) is 0. The normalized spacial score (nSPS) is 14.0. The second kappa shape index (κ2) is 8.61. The topological polar surface area (TPSA) is 29.5 Å². The van der Waals surface area contributed by atoms with Crippen LogP contribution in [0.4, 0.5) is 0 Å². The minimum atomic E-state index is -2.45. The van der Waals surface area contributed by atoms with E-state index in [1.165, 1.54) is 10.4 Å². The van der Waals surface area contributed by atoms with Gasteiger partial charge in [0.05, 0.1) is 6.61 Å². The summed E-state index contributed by atoms with van der Waals surface area (Å²) < 4.78 is 6.83. The summed E-state index contributed by atoms with van der Waals surface area (Å²) in [5, 5.41) is 11.6. The molecule has 1 N–H and O–H groups in total. The van der Waals surface area contributed by atoms with Gasteiger partial charge in [0.2, 0.25) is 0 Å². The molecule has 0 bridgehead atoms. The summed E-state index contributed by atoms with van der Waals surface area (Å²) in [5.74, 6) is 0.258. The van der Waals surface area contributed by atoms with Gasteiger partial charge in [-0.3, -0.25) is 0 Å². The zero-order valence-corrected chi connectivity index (χ0v) is 16.8. The lowest BCUT2D eigenvalue weighted by Crippen LogP contribution is -2.66. The van der Waals surface area contributed by atoms with Gasteiger partial charge in [-0.15, -0.1) is 0 Å². The van der Waals surface area contributed by atoms with E-state index in [2.05, 4.69) is 88.4 Å². The van der Waals surface area contributed by atoms with Crippen LogP contribution in [0, 0.1) is 5.92 Å². The van der Waals surface area contributed by atoms with Crippen molar-refractivity contribution in [2.45, 2.75) is 32.7 Å². The molecular formula is C22H30O2Si. The molecule has 1 atom stereocenters. The van der Waals surface area contributed by atoms with Crippen molar-refractivity contribution >= 4 is 18.7 Å². The number of benzene rings is 2. The van der Waals surface area contributed by atoms with Crippen LogP contribution >= 0.6 is 0 Å². The number of aliphatic hydroxyl groups is 1. The van der Waals surface area contributed by atoms with E-state index >= 15 is 0 Å². The van der Waals surface area contributed by atoms with E-state index in [0.29, 0.717) is 6.61 Å². The molecule has 0 unspecified atom stereocenters. The first-order valence-electron chi connectivity index (χ1n) is 8.94. The predicted octanol–water partition coefficient (Wildman–Crippen LogP) is 3.75. The SMILES string of the molecule is C[C@H](/C=C/CO)CO[Si](c1ccccc1)(c1ccccc1)C(C)(C)C. The molecule has 0 spiro atoms. The fourth-order valence-electron chi connectivity index (χ4n) is 3.37. The molecule has 2 rings (SSSR count). The van der Waals surface area contributed by atoms with E-state index in [1.54, 1.807) is 6.08 Å². The lowest BCUT2D eigenvalue weighted by Gasteiger charge is -2.43. The molecule has 2 aromatic carbocycles. The molecular weight excluding hydrogens is 324 g/mol. The minimum Gasteiger partial charge on any atom is -0.407 e. The van der Waals surface area contributed by atoms with E-state index in [4.69, 9.17) is 9.53 Å². The average Bonchev–Trinajstić information content (AvgIpc) is 2.61. The molecule has 0 aromatic heterocycles. The number of hydrogen-bond donors (Lipinski definition) is 1. The minimum absolute atomic E-state index is 0.00385. The van der Waals surface area contributed by atoms with Gasteiger partial charge in [-0.2, -0.15) is 0 Å². The zero-order valence-electron chi connectivity index (χ0n) is 15.8. The van der Waals surface area contributed by atoms with E-state index < -0.39 is 8.32 Å². The molecule has 0 aliphatic carbocycles. The fraction of sp³-hybridized carbons (Fsp3) is 0.364. The summed E-state index contributed by atoms with van der Waals surface area (Å²) in [6, 6.07) is 21.4. The Morgan fingerprint density at radius 1 is 0.960 bits per heavy atom. The quantitative estimate of drug-likeness (QED) is 0.606. The maximum atomic E-state index is 9.01. The molecule has 0 radical (unpaired) electrons. The van der Waals surface area contributed by atoms with E-state index in [1.807, 2.05) is 6.08 Å². The molecule has 0 fully saturated rings. The van der Waals surface area contributed by atoms with Crippen molar-refractivity contribution in [2.75, 3.05) is 13.2 Å². The van der Waals surface area contributed by atoms with Crippen LogP contribution in [0.1, 0.15) is 27.7 Å². The number of hydrogen-bond acceptors (Lipinski definition) is 2. The summed E-state index contributed by atoms with van der Waals surface area (Å²) in [7, 11) is -2.45. The second-order valence-corrected chi connectivity index (χ2v) is 11.9. The van der Waals surface area contributed by atoms with Crippen LogP contribution in [0.5, 0.6) is 0 Å². The van der Waals surface area contributed by atoms with Crippen molar-refractivity contribution in [2.24, 2.45) is 5.92 Å². The third-order valence-corrected chi connectivity index (χ3v) is 9.55. The molecule has 2 nitrogen and oxygen atoms in total. The third kappa shape index (κ3) is 4.49. The van der Waals surface area contributed by atoms with Crippen molar-refractivity contribution in [1.29, 1.82) is 0 Å². The largest absolute Gasteiger partial charge is 0.407 e. The molecule has 0 heterocycles. The highest BCUT2D eigenvalue weighted by Gasteiger charge is 2.50. The molecule has 0 saturated carbocycles. The summed E-state index contributed by atoms with van der Waals surface area (Å²) in [4.78, 5) is 0. The van der Waals surface area contributed by atoms with E-state index in [0.717, 1.165) is 0 Å². The average molecular weight is 355 g/mol. The maximum Gasteiger partial charge on any atom is 0.261 e. The summed E-state index contributed by atoms with van der Waals surface area (Å²) >= 11 is 0. The predicted molar refractivity (Wildman–Crippen MR) is 109 cm³/mol. The number of rotatable bonds is 7. The fourth-order valence-corrected chi connectivity index (χ4v) is 8.04. The van der Waals surface area contributed by atoms with Gasteiger partial charge in [0, 0.05) is 6.61 Å². The molecule has 0 saturated heterocycles. The van der Waals surface area contributed by atoms with Gasteiger partial charge >= 0.3 is 0 Å². The highest BCUT2D eigenvalue weighted by molar-refractivity contribution is 6.99. The van der Waals surface area contributed by atoms with Crippen LogP contribution in [-0.4, -0.2) is 26.6 Å². The standard InChI is InChI=1S/C22H30O2Si/c1-19(12-11-17-23)18-24-25(22(2,3)4,20-13-7-5-8-14-20)21-15-9-6-10-16-21/h5-16,19,23H,17-18H2,1-4H3/b12-11+/t19-/m1/s1. The van der Waals surface area contributed by atoms with Gasteiger partial charge in [-0.05, 0) is 21.3 Å². The second-order valence-electron chi connectivity index (χ2n) is 7.56. The Labute approximate surface area is 153 Å². The first-order chi connectivity index (χ1) is 11.9. The highest BCUT2D eigenvalue weighted by Crippen LogP contribution is 2.37. The van der Waals surface area contributed by atoms with Crippen LogP contribution in [0.3, 0.4) is 0 Å². The van der Waals surface area contributed by atoms with Gasteiger partial charge in [-0.1, -0.05) is 101 Å². The van der Waals surface area contributed by atoms with E-state index in [-0.39, 0.29) is 17.6 Å². The molecule has 0 aliphatic heterocycles. The third-order valence-electron chi connectivity index (χ3n) is 4.55. The van der Waals surface area contributed by atoms with Crippen molar-refractivity contribution in [3.63, 3.8) is 0 Å². The van der Waals surface area contributed by atoms with Gasteiger partial charge in [0.15, 0.2) is 0 Å². The summed E-state index contributed by atoms with van der Waals surface area (Å²) in [6.45, 7) is 9.70. The molecule has 0 amide bonds. The molecule has 2 aromatic rings. The summed E-state index contributed by atoms with van der Waals surface area (Å²) in [6.07, 6.45) is 3.82. The first kappa shape index (κ1) is 19.6. The monoisotopic (exact) mass is 354 g/mol. The Balaban J connectivity index is 2.51. The van der Waals surface area contributed by atoms with Crippen molar-refractivity contribution in [1.82, 2.24) is 0 Å². The Morgan fingerprint density at radius 2 is 1.44 bits per heavy atom. The molecule has 0 aliphatic rings. The lowest BCUT2D eigenvalue weighted by atomic mass is 10.2. The van der Waals surface area contributed by atoms with Gasteiger partial charge < -0.3 is 9.53 Å². The van der Waals surface area contributed by atoms with Crippen molar-refractivity contribution < 1.29 is 9.53 Å². The highest BCUT2D eigenvalue weighted by atomic mass is 28.4. The Hall–Kier alpha value is -1.68. The molecule has 3 heteroatoms. The molecule has 25 heavy (non-hydrogen) atoms. The van der Waals surface area contributed by atoms with Crippen LogP contribution < -0.4 is 10.4 Å². The van der Waals surface area contributed by atoms with Crippen molar-refractivity contribution in [3.8, 4) is 0 Å². The zero-order chi connectivity index (χ0) is 18.3. The van der Waals surface area contributed by atoms with Crippen LogP contribution in [0.15, 0.2) is 72.8 Å².